The lowest BCUT2D eigenvalue weighted by Gasteiger charge is -1.84. The predicted molar refractivity (Wildman–Crippen MR) is 32.5 cm³/mol. The first kappa shape index (κ1) is 4.96. The van der Waals surface area contributed by atoms with Crippen molar-refractivity contribution in [3.63, 3.8) is 0 Å². The van der Waals surface area contributed by atoms with Crippen LogP contribution in [0.3, 0.4) is 0 Å². The maximum absolute atomic E-state index is 5.30. The molecule has 0 aliphatic carbocycles. The average Bonchev–Trinajstić information content (AvgIpc) is 2.14. The first-order chi connectivity index (χ1) is 3.83. The number of hydrogen-bond acceptors (Lipinski definition) is 3. The minimum atomic E-state index is 0.578. The summed E-state index contributed by atoms with van der Waals surface area (Å²) in [4.78, 5) is 0. The number of anilines is 2. The zero-order valence-electron chi connectivity index (χ0n) is 4.60. The summed E-state index contributed by atoms with van der Waals surface area (Å²) in [6.07, 6.45) is 0. The molecule has 0 aliphatic rings. The van der Waals surface area contributed by atoms with Gasteiger partial charge in [0.1, 0.15) is 11.6 Å². The Morgan fingerprint density at radius 1 is 1.88 bits per heavy atom. The van der Waals surface area contributed by atoms with Gasteiger partial charge in [-0.2, -0.15) is 5.10 Å². The van der Waals surface area contributed by atoms with E-state index in [1.807, 2.05) is 0 Å². The van der Waals surface area contributed by atoms with Gasteiger partial charge in [0.15, 0.2) is 0 Å². The van der Waals surface area contributed by atoms with E-state index in [1.165, 1.54) is 0 Å². The second kappa shape index (κ2) is 1.73. The summed E-state index contributed by atoms with van der Waals surface area (Å²) in [6, 6.07) is 1.72. The maximum Gasteiger partial charge on any atom is 0.149 e. The Hall–Kier alpha value is -1.19. The number of aromatic amines is 1. The van der Waals surface area contributed by atoms with E-state index in [-0.39, 0.29) is 0 Å². The highest BCUT2D eigenvalue weighted by Gasteiger charge is 1.89. The van der Waals surface area contributed by atoms with Crippen LogP contribution in [0.4, 0.5) is 11.6 Å². The van der Waals surface area contributed by atoms with Gasteiger partial charge in [-0.3, -0.25) is 5.10 Å². The molecule has 0 aromatic carbocycles. The molecule has 0 aliphatic heterocycles. The van der Waals surface area contributed by atoms with Crippen LogP contribution < -0.4 is 11.1 Å². The van der Waals surface area contributed by atoms with E-state index in [2.05, 4.69) is 15.5 Å². The summed E-state index contributed by atoms with van der Waals surface area (Å²) in [7, 11) is 1.79. The summed E-state index contributed by atoms with van der Waals surface area (Å²) in [5.74, 6) is 1.34. The van der Waals surface area contributed by atoms with Gasteiger partial charge in [-0.1, -0.05) is 0 Å². The van der Waals surface area contributed by atoms with Crippen LogP contribution in [0.5, 0.6) is 0 Å². The molecule has 0 atom stereocenters. The van der Waals surface area contributed by atoms with Gasteiger partial charge in [-0.25, -0.2) is 0 Å². The molecule has 4 nitrogen and oxygen atoms in total. The Kier molecular flexibility index (Phi) is 1.07. The topological polar surface area (TPSA) is 66.7 Å². The summed E-state index contributed by atoms with van der Waals surface area (Å²) in [5, 5.41) is 9.18. The van der Waals surface area contributed by atoms with Crippen LogP contribution in [0.2, 0.25) is 0 Å². The van der Waals surface area contributed by atoms with Crippen LogP contribution in [-0.2, 0) is 0 Å². The van der Waals surface area contributed by atoms with Crippen molar-refractivity contribution in [2.24, 2.45) is 0 Å². The third-order valence-electron chi connectivity index (χ3n) is 0.854. The van der Waals surface area contributed by atoms with E-state index >= 15 is 0 Å². The Bertz CT molecular complexity index is 168. The fraction of sp³-hybridized carbons (Fsp3) is 0.250. The smallest absolute Gasteiger partial charge is 0.149 e. The molecule has 1 aromatic heterocycles. The van der Waals surface area contributed by atoms with E-state index in [0.29, 0.717) is 5.82 Å². The second-order valence-electron chi connectivity index (χ2n) is 1.46. The molecule has 1 aromatic rings. The normalized spacial score (nSPS) is 9.12. The number of aromatic nitrogens is 2. The highest BCUT2D eigenvalue weighted by molar-refractivity contribution is 5.43. The van der Waals surface area contributed by atoms with Crippen LogP contribution >= 0.6 is 0 Å². The van der Waals surface area contributed by atoms with Crippen LogP contribution in [0.1, 0.15) is 0 Å². The van der Waals surface area contributed by atoms with E-state index < -0.39 is 0 Å². The molecule has 0 radical (unpaired) electrons. The summed E-state index contributed by atoms with van der Waals surface area (Å²) in [6.45, 7) is 0. The van der Waals surface area contributed by atoms with Crippen molar-refractivity contribution in [1.29, 1.82) is 0 Å². The third kappa shape index (κ3) is 0.726. The van der Waals surface area contributed by atoms with Crippen molar-refractivity contribution in [3.8, 4) is 0 Å². The molecule has 4 heteroatoms. The Morgan fingerprint density at radius 2 is 2.62 bits per heavy atom. The zero-order valence-corrected chi connectivity index (χ0v) is 4.60. The van der Waals surface area contributed by atoms with Gasteiger partial charge in [-0.15, -0.1) is 0 Å². The van der Waals surface area contributed by atoms with E-state index in [9.17, 15) is 0 Å². The Balaban J connectivity index is 2.84. The fourth-order valence-corrected chi connectivity index (χ4v) is 0.465. The van der Waals surface area contributed by atoms with Gasteiger partial charge in [-0.05, 0) is 0 Å². The average molecular weight is 112 g/mol. The first-order valence-corrected chi connectivity index (χ1v) is 2.31. The van der Waals surface area contributed by atoms with Crippen molar-refractivity contribution in [1.82, 2.24) is 10.2 Å². The van der Waals surface area contributed by atoms with Gasteiger partial charge >= 0.3 is 0 Å². The second-order valence-corrected chi connectivity index (χ2v) is 1.46. The molecule has 0 amide bonds. The van der Waals surface area contributed by atoms with E-state index in [0.717, 1.165) is 5.82 Å². The lowest BCUT2D eigenvalue weighted by Crippen LogP contribution is -1.85. The molecule has 0 saturated carbocycles. The van der Waals surface area contributed by atoms with Gasteiger partial charge in [0.25, 0.3) is 0 Å². The van der Waals surface area contributed by atoms with Gasteiger partial charge in [0, 0.05) is 13.1 Å². The number of H-pyrrole nitrogens is 1. The van der Waals surface area contributed by atoms with Gasteiger partial charge in [0.2, 0.25) is 0 Å². The molecule has 0 spiro atoms. The predicted octanol–water partition coefficient (Wildman–Crippen LogP) is 0.0336. The largest absolute Gasteiger partial charge is 0.384 e. The molecule has 4 N–H and O–H groups in total. The standard InChI is InChI=1S/C4H8N4/c1-6-4-2-3(5)7-8-4/h2H,1H3,(H4,5,6,7,8). The monoisotopic (exact) mass is 112 g/mol. The molecule has 0 unspecified atom stereocenters. The van der Waals surface area contributed by atoms with Crippen molar-refractivity contribution in [2.75, 3.05) is 18.1 Å². The highest BCUT2D eigenvalue weighted by atomic mass is 15.2. The van der Waals surface area contributed by atoms with Gasteiger partial charge in [0.05, 0.1) is 0 Å². The van der Waals surface area contributed by atoms with Crippen LogP contribution in [0.15, 0.2) is 6.07 Å². The van der Waals surface area contributed by atoms with Crippen LogP contribution in [0.25, 0.3) is 0 Å². The zero-order chi connectivity index (χ0) is 5.98. The first-order valence-electron chi connectivity index (χ1n) is 2.31. The molecule has 44 valence electrons. The highest BCUT2D eigenvalue weighted by Crippen LogP contribution is 2.03. The molecule has 8 heavy (non-hydrogen) atoms. The number of nitrogen functional groups attached to an aromatic ring is 1. The van der Waals surface area contributed by atoms with Crippen molar-refractivity contribution in [3.05, 3.63) is 6.07 Å². The Labute approximate surface area is 47.1 Å². The lowest BCUT2D eigenvalue weighted by atomic mass is 10.6. The molecule has 0 bridgehead atoms. The minimum absolute atomic E-state index is 0.578. The van der Waals surface area contributed by atoms with Crippen molar-refractivity contribution < 1.29 is 0 Å². The molecular formula is C4H8N4. The van der Waals surface area contributed by atoms with E-state index in [1.54, 1.807) is 13.1 Å². The molecule has 0 fully saturated rings. The summed E-state index contributed by atoms with van der Waals surface area (Å²) < 4.78 is 0. The minimum Gasteiger partial charge on any atom is -0.384 e. The maximum atomic E-state index is 5.30. The quantitative estimate of drug-likeness (QED) is 0.480. The van der Waals surface area contributed by atoms with Gasteiger partial charge < -0.3 is 11.1 Å². The number of nitrogens with two attached hydrogens (primary N) is 1. The number of hydrogen-bond donors (Lipinski definition) is 3. The van der Waals surface area contributed by atoms with Crippen molar-refractivity contribution >= 4 is 11.6 Å². The fourth-order valence-electron chi connectivity index (χ4n) is 0.465. The molecule has 1 rings (SSSR count). The number of rotatable bonds is 1. The Morgan fingerprint density at radius 3 is 2.88 bits per heavy atom. The molecule has 0 saturated heterocycles. The summed E-state index contributed by atoms with van der Waals surface area (Å²) >= 11 is 0. The number of nitrogens with one attached hydrogen (secondary N) is 2. The molecular weight excluding hydrogens is 104 g/mol. The SMILES string of the molecule is CNc1cc(N)[nH]n1. The van der Waals surface area contributed by atoms with Crippen LogP contribution in [-0.4, -0.2) is 17.2 Å². The van der Waals surface area contributed by atoms with E-state index in [4.69, 9.17) is 5.73 Å². The summed E-state index contributed by atoms with van der Waals surface area (Å²) in [5.41, 5.74) is 5.30. The van der Waals surface area contributed by atoms with Crippen molar-refractivity contribution in [2.45, 2.75) is 0 Å². The lowest BCUT2D eigenvalue weighted by molar-refractivity contribution is 1.10. The molecule has 1 heterocycles. The third-order valence-corrected chi connectivity index (χ3v) is 0.854. The van der Waals surface area contributed by atoms with Crippen LogP contribution in [0, 0.1) is 0 Å². The number of nitrogens with zero attached hydrogens (tertiary/aromatic N) is 1.